The zero-order chi connectivity index (χ0) is 54.7. The minimum absolute atomic E-state index is 0.593. The molecule has 0 spiro atoms. The summed E-state index contributed by atoms with van der Waals surface area (Å²) in [5.74, 6) is 0. The molecule has 0 radical (unpaired) electrons. The maximum atomic E-state index is 11.6. The first-order valence-corrected chi connectivity index (χ1v) is 27.4. The molecular formula is C74H66N4. The summed E-state index contributed by atoms with van der Waals surface area (Å²) >= 11 is 0. The van der Waals surface area contributed by atoms with Crippen LogP contribution in [0.3, 0.4) is 0 Å². The Balaban J connectivity index is 1.29. The Morgan fingerprint density at radius 2 is 0.577 bits per heavy atom. The Morgan fingerprint density at radius 3 is 0.846 bits per heavy atom. The zero-order valence-electron chi connectivity index (χ0n) is 47.6. The van der Waals surface area contributed by atoms with Crippen molar-refractivity contribution in [2.45, 2.75) is 96.9 Å². The molecule has 9 aromatic carbocycles. The Labute approximate surface area is 459 Å². The van der Waals surface area contributed by atoms with E-state index in [2.05, 4.69) is 244 Å². The van der Waals surface area contributed by atoms with Crippen molar-refractivity contribution in [2.75, 3.05) is 0 Å². The molecule has 0 N–H and O–H groups in total. The van der Waals surface area contributed by atoms with Crippen LogP contribution in [0.5, 0.6) is 0 Å². The number of rotatable bonds is 7. The maximum absolute atomic E-state index is 11.6. The molecule has 0 aliphatic heterocycles. The summed E-state index contributed by atoms with van der Waals surface area (Å²) < 4.78 is 5.00. The third-order valence-electron chi connectivity index (χ3n) is 16.5. The summed E-state index contributed by atoms with van der Waals surface area (Å²) in [6, 6.07) is 58.0. The highest BCUT2D eigenvalue weighted by atomic mass is 15.1. The highest BCUT2D eigenvalue weighted by Crippen LogP contribution is 2.46. The lowest BCUT2D eigenvalue weighted by molar-refractivity contribution is 1.09. The third kappa shape index (κ3) is 8.23. The number of fused-ring (bicyclic) bond motifs is 6. The predicted octanol–water partition coefficient (Wildman–Crippen LogP) is 19.8. The molecule has 4 nitrogen and oxygen atoms in total. The average Bonchev–Trinajstić information content (AvgIpc) is 4.07. The number of nitrogens with zero attached hydrogens (tertiary/aromatic N) is 4. The van der Waals surface area contributed by atoms with Crippen molar-refractivity contribution in [3.8, 4) is 73.1 Å². The fourth-order valence-corrected chi connectivity index (χ4v) is 14.0. The molecular weight excluding hydrogens is 945 g/mol. The standard InChI is InChI=1S/C74H66N4/c1-40-23-44(5)71(45(6)24-40)54-15-19-60-61-20-16-55(72-46(7)25-41(2)26-47(72)8)34-66(61)77(65(60)33-54)69-37-59(39-75)64(58-31-52(13)76-53(14)32-58)38-70(69)78-67-35-56(73-48(9)27-42(3)28-49(73)10)17-21-62(67)63-22-18-57(36-68(63)78)74-50(11)29-43(4)30-51(74)12/h15-38H,1-14H3. The minimum Gasteiger partial charge on any atom is -0.307 e. The highest BCUT2D eigenvalue weighted by molar-refractivity contribution is 6.14. The van der Waals surface area contributed by atoms with Crippen LogP contribution in [0.1, 0.15) is 83.7 Å². The largest absolute Gasteiger partial charge is 0.307 e. The second-order valence-corrected chi connectivity index (χ2v) is 22.8. The number of aryl methyl sites for hydroxylation is 14. The van der Waals surface area contributed by atoms with E-state index in [0.29, 0.717) is 5.56 Å². The van der Waals surface area contributed by atoms with Crippen molar-refractivity contribution in [2.24, 2.45) is 0 Å². The molecule has 12 aromatic rings. The first-order valence-electron chi connectivity index (χ1n) is 27.4. The van der Waals surface area contributed by atoms with Gasteiger partial charge in [0.05, 0.1) is 45.1 Å². The topological polar surface area (TPSA) is 46.5 Å². The molecule has 12 rings (SSSR count). The second-order valence-electron chi connectivity index (χ2n) is 22.8. The molecule has 0 unspecified atom stereocenters. The van der Waals surface area contributed by atoms with E-state index in [0.717, 1.165) is 88.6 Å². The monoisotopic (exact) mass is 1010 g/mol. The van der Waals surface area contributed by atoms with Crippen LogP contribution in [0.4, 0.5) is 0 Å². The van der Waals surface area contributed by atoms with Gasteiger partial charge in [0.15, 0.2) is 0 Å². The Morgan fingerprint density at radius 1 is 0.308 bits per heavy atom. The fraction of sp³-hybridized carbons (Fsp3) is 0.189. The normalized spacial score (nSPS) is 11.7. The van der Waals surface area contributed by atoms with Crippen LogP contribution in [-0.2, 0) is 0 Å². The van der Waals surface area contributed by atoms with Crippen molar-refractivity contribution in [3.63, 3.8) is 0 Å². The number of pyridine rings is 1. The minimum atomic E-state index is 0.593. The maximum Gasteiger partial charge on any atom is 0.0998 e. The highest BCUT2D eigenvalue weighted by Gasteiger charge is 2.26. The first-order chi connectivity index (χ1) is 37.3. The quantitative estimate of drug-likeness (QED) is 0.160. The van der Waals surface area contributed by atoms with Gasteiger partial charge in [0, 0.05) is 38.5 Å². The SMILES string of the molecule is Cc1cc(C)c(-c2ccc3c4ccc(-c5c(C)cc(C)cc5C)cc4n(-c4cc(C#N)c(-c5cc(C)nc(C)c5)cc4-n4c5cc(-c6c(C)cc(C)cc6C)ccc5c5ccc(-c6c(C)cc(C)cc6C)cc54)c3c2)c(C)c1. The third-order valence-corrected chi connectivity index (χ3v) is 16.5. The molecule has 0 saturated carbocycles. The molecule has 0 bridgehead atoms. The molecule has 0 fully saturated rings. The van der Waals surface area contributed by atoms with Crippen LogP contribution in [0.15, 0.2) is 146 Å². The summed E-state index contributed by atoms with van der Waals surface area (Å²) in [5, 5.41) is 16.2. The van der Waals surface area contributed by atoms with Gasteiger partial charge in [0.2, 0.25) is 0 Å². The van der Waals surface area contributed by atoms with Gasteiger partial charge in [0.25, 0.3) is 0 Å². The summed E-state index contributed by atoms with van der Waals surface area (Å²) in [6.45, 7) is 30.7. The number of aromatic nitrogens is 3. The van der Waals surface area contributed by atoms with Gasteiger partial charge >= 0.3 is 0 Å². The predicted molar refractivity (Wildman–Crippen MR) is 331 cm³/mol. The molecule has 0 aliphatic rings. The fourth-order valence-electron chi connectivity index (χ4n) is 14.0. The lowest BCUT2D eigenvalue weighted by atomic mass is 9.92. The number of hydrogen-bond acceptors (Lipinski definition) is 2. The van der Waals surface area contributed by atoms with E-state index in [1.54, 1.807) is 0 Å². The van der Waals surface area contributed by atoms with Gasteiger partial charge in [-0.25, -0.2) is 0 Å². The zero-order valence-corrected chi connectivity index (χ0v) is 47.6. The lowest BCUT2D eigenvalue weighted by Crippen LogP contribution is -2.06. The molecule has 382 valence electrons. The van der Waals surface area contributed by atoms with Crippen molar-refractivity contribution in [3.05, 3.63) is 229 Å². The van der Waals surface area contributed by atoms with Crippen molar-refractivity contribution < 1.29 is 0 Å². The van der Waals surface area contributed by atoms with E-state index < -0.39 is 0 Å². The van der Waals surface area contributed by atoms with Gasteiger partial charge < -0.3 is 9.13 Å². The number of benzene rings is 9. The van der Waals surface area contributed by atoms with Crippen LogP contribution in [0.2, 0.25) is 0 Å². The second kappa shape index (κ2) is 18.7. The van der Waals surface area contributed by atoms with Crippen molar-refractivity contribution >= 4 is 43.6 Å². The van der Waals surface area contributed by atoms with E-state index in [9.17, 15) is 5.26 Å². The Bertz CT molecular complexity index is 4260. The van der Waals surface area contributed by atoms with Gasteiger partial charge in [-0.05, 0) is 240 Å². The van der Waals surface area contributed by atoms with E-state index in [4.69, 9.17) is 4.98 Å². The van der Waals surface area contributed by atoms with E-state index in [1.165, 1.54) is 100 Å². The molecule has 78 heavy (non-hydrogen) atoms. The molecule has 0 aliphatic carbocycles. The Kier molecular flexibility index (Phi) is 12.0. The van der Waals surface area contributed by atoms with E-state index in [1.807, 2.05) is 13.8 Å². The van der Waals surface area contributed by atoms with Gasteiger partial charge in [-0.1, -0.05) is 119 Å². The van der Waals surface area contributed by atoms with Gasteiger partial charge in [-0.2, -0.15) is 5.26 Å². The van der Waals surface area contributed by atoms with Gasteiger partial charge in [0.1, 0.15) is 0 Å². The molecule has 3 heterocycles. The van der Waals surface area contributed by atoms with Crippen LogP contribution in [0.25, 0.3) is 111 Å². The van der Waals surface area contributed by atoms with E-state index >= 15 is 0 Å². The van der Waals surface area contributed by atoms with Crippen molar-refractivity contribution in [1.29, 1.82) is 5.26 Å². The average molecular weight is 1010 g/mol. The molecule has 0 amide bonds. The lowest BCUT2D eigenvalue weighted by Gasteiger charge is -2.21. The summed E-state index contributed by atoms with van der Waals surface area (Å²) in [5.41, 5.74) is 35.1. The Hall–Kier alpha value is -8.78. The molecule has 4 heteroatoms. The summed E-state index contributed by atoms with van der Waals surface area (Å²) in [6.07, 6.45) is 0. The smallest absolute Gasteiger partial charge is 0.0998 e. The van der Waals surface area contributed by atoms with Gasteiger partial charge in [-0.3, -0.25) is 4.98 Å². The number of hydrogen-bond donors (Lipinski definition) is 0. The van der Waals surface area contributed by atoms with Gasteiger partial charge in [-0.15, -0.1) is 0 Å². The van der Waals surface area contributed by atoms with E-state index in [-0.39, 0.29) is 0 Å². The van der Waals surface area contributed by atoms with Crippen molar-refractivity contribution in [1.82, 2.24) is 14.1 Å². The first kappa shape index (κ1) is 50.1. The number of nitriles is 1. The van der Waals surface area contributed by atoms with Crippen LogP contribution < -0.4 is 0 Å². The van der Waals surface area contributed by atoms with Crippen LogP contribution in [0, 0.1) is 108 Å². The molecule has 0 atom stereocenters. The van der Waals surface area contributed by atoms with Crippen LogP contribution >= 0.6 is 0 Å². The van der Waals surface area contributed by atoms with Crippen LogP contribution in [-0.4, -0.2) is 14.1 Å². The summed E-state index contributed by atoms with van der Waals surface area (Å²) in [7, 11) is 0. The summed E-state index contributed by atoms with van der Waals surface area (Å²) in [4.78, 5) is 4.82. The molecule has 0 saturated heterocycles. The molecule has 3 aromatic heterocycles.